The largest absolute Gasteiger partial charge is 0.497 e. The molecule has 0 radical (unpaired) electrons. The summed E-state index contributed by atoms with van der Waals surface area (Å²) in [5, 5.41) is 21.4. The molecular weight excluding hydrogens is 456 g/mol. The summed E-state index contributed by atoms with van der Waals surface area (Å²) >= 11 is 0. The number of imide groups is 1. The van der Waals surface area contributed by atoms with Gasteiger partial charge in [-0.1, -0.05) is 6.07 Å². The van der Waals surface area contributed by atoms with Gasteiger partial charge in [0.25, 0.3) is 11.8 Å². The van der Waals surface area contributed by atoms with Crippen LogP contribution >= 0.6 is 0 Å². The minimum absolute atomic E-state index is 0.134. The van der Waals surface area contributed by atoms with Gasteiger partial charge in [-0.05, 0) is 29.8 Å². The van der Waals surface area contributed by atoms with Crippen LogP contribution in [0, 0.1) is 0 Å². The first-order chi connectivity index (χ1) is 16.9. The Morgan fingerprint density at radius 1 is 1.20 bits per heavy atom. The van der Waals surface area contributed by atoms with E-state index < -0.39 is 17.5 Å². The summed E-state index contributed by atoms with van der Waals surface area (Å²) in [4.78, 5) is 44.2. The number of pyridine rings is 1. The number of nitrogens with zero attached hydrogens (tertiary/aromatic N) is 3. The number of carbonyl (C=O) groups is 3. The minimum atomic E-state index is -1.65. The van der Waals surface area contributed by atoms with Crippen molar-refractivity contribution in [2.24, 2.45) is 0 Å². The van der Waals surface area contributed by atoms with Gasteiger partial charge < -0.3 is 24.5 Å². The van der Waals surface area contributed by atoms with Crippen molar-refractivity contribution in [2.75, 3.05) is 13.7 Å². The number of aromatic amines is 1. The zero-order valence-corrected chi connectivity index (χ0v) is 18.3. The molecule has 1 aromatic carbocycles. The zero-order valence-electron chi connectivity index (χ0n) is 18.3. The number of benzene rings is 1. The summed E-state index contributed by atoms with van der Waals surface area (Å²) in [6.07, 6.45) is 1.52. The Bertz CT molecular complexity index is 1540. The van der Waals surface area contributed by atoms with Crippen LogP contribution in [0.4, 0.5) is 4.79 Å². The Morgan fingerprint density at radius 2 is 2.06 bits per heavy atom. The summed E-state index contributed by atoms with van der Waals surface area (Å²) in [5.74, 6) is -0.407. The highest BCUT2D eigenvalue weighted by Crippen LogP contribution is 2.35. The second-order valence-corrected chi connectivity index (χ2v) is 8.37. The predicted octanol–water partition coefficient (Wildman–Crippen LogP) is 1.62. The van der Waals surface area contributed by atoms with E-state index in [0.29, 0.717) is 28.0 Å². The molecule has 6 rings (SSSR count). The maximum absolute atomic E-state index is 13.1. The lowest BCUT2D eigenvalue weighted by Crippen LogP contribution is -2.52. The van der Waals surface area contributed by atoms with Crippen LogP contribution in [-0.4, -0.2) is 56.7 Å². The van der Waals surface area contributed by atoms with E-state index in [9.17, 15) is 19.5 Å². The number of carbonyl (C=O) groups excluding carboxylic acids is 3. The highest BCUT2D eigenvalue weighted by Gasteiger charge is 2.53. The fourth-order valence-electron chi connectivity index (χ4n) is 4.49. The lowest BCUT2D eigenvalue weighted by molar-refractivity contribution is -0.125. The van der Waals surface area contributed by atoms with E-state index in [2.05, 4.69) is 25.8 Å². The minimum Gasteiger partial charge on any atom is -0.497 e. The van der Waals surface area contributed by atoms with Crippen LogP contribution in [0.5, 0.6) is 11.6 Å². The van der Waals surface area contributed by atoms with Crippen molar-refractivity contribution in [3.8, 4) is 22.9 Å². The van der Waals surface area contributed by atoms with Gasteiger partial charge in [0, 0.05) is 35.3 Å². The zero-order chi connectivity index (χ0) is 24.3. The van der Waals surface area contributed by atoms with Crippen molar-refractivity contribution >= 4 is 28.9 Å². The molecule has 12 heteroatoms. The quantitative estimate of drug-likeness (QED) is 0.317. The van der Waals surface area contributed by atoms with Crippen LogP contribution in [0.1, 0.15) is 21.7 Å². The highest BCUT2D eigenvalue weighted by atomic mass is 16.5. The molecule has 4 amide bonds. The highest BCUT2D eigenvalue weighted by molar-refractivity contribution is 6.08. The summed E-state index contributed by atoms with van der Waals surface area (Å²) in [5.41, 5.74) is 1.02. The number of methoxy groups -OCH3 is 1. The third kappa shape index (κ3) is 3.18. The standard InChI is InChI=1S/C23H18N6O6/c1-34-14-3-2-11-9-29(20(31)15(11)6-14)10-23(21(32)25-22(33)26-23)17-5-12-4-13(8-24-19(12)35-17)16-7-18(30)28-27-16/h2-8H,9-10H2,1H3,(H2,27,28,30)(H2,25,26,32,33)/t23-/m0/s1. The summed E-state index contributed by atoms with van der Waals surface area (Å²) in [6.45, 7) is 0.108. The molecule has 4 aromatic rings. The number of aromatic hydroxyl groups is 1. The third-order valence-corrected chi connectivity index (χ3v) is 6.23. The molecule has 0 spiro atoms. The van der Waals surface area contributed by atoms with E-state index in [1.54, 1.807) is 30.3 Å². The van der Waals surface area contributed by atoms with E-state index in [1.165, 1.54) is 24.3 Å². The van der Waals surface area contributed by atoms with Gasteiger partial charge in [-0.15, -0.1) is 5.10 Å². The number of furan rings is 1. The lowest BCUT2D eigenvalue weighted by atomic mass is 9.95. The first-order valence-electron chi connectivity index (χ1n) is 10.6. The normalized spacial score (nSPS) is 19.2. The van der Waals surface area contributed by atoms with Gasteiger partial charge >= 0.3 is 6.03 Å². The van der Waals surface area contributed by atoms with Crippen LogP contribution in [0.25, 0.3) is 22.4 Å². The second-order valence-electron chi connectivity index (χ2n) is 8.37. The molecule has 1 atom stereocenters. The molecule has 1 fully saturated rings. The van der Waals surface area contributed by atoms with Gasteiger partial charge in [0.15, 0.2) is 5.54 Å². The average molecular weight is 474 g/mol. The number of fused-ring (bicyclic) bond motifs is 2. The van der Waals surface area contributed by atoms with Gasteiger partial charge in [0.1, 0.15) is 11.5 Å². The van der Waals surface area contributed by atoms with Crippen LogP contribution in [0.2, 0.25) is 0 Å². The summed E-state index contributed by atoms with van der Waals surface area (Å²) < 4.78 is 11.1. The fraction of sp³-hybridized carbons (Fsp3) is 0.174. The Labute approximate surface area is 196 Å². The van der Waals surface area contributed by atoms with E-state index in [-0.39, 0.29) is 36.4 Å². The van der Waals surface area contributed by atoms with Gasteiger partial charge in [0.2, 0.25) is 11.6 Å². The molecule has 0 saturated carbocycles. The monoisotopic (exact) mass is 474 g/mol. The fourth-order valence-corrected chi connectivity index (χ4v) is 4.49. The SMILES string of the molecule is COc1ccc2c(c1)C(=O)N(C[C@@]1(c3cc4cc(-c5cc(O)n[nH]5)cnc4o3)NC(=O)NC1=O)C2. The van der Waals surface area contributed by atoms with E-state index in [1.807, 2.05) is 0 Å². The number of aromatic nitrogens is 3. The van der Waals surface area contributed by atoms with Gasteiger partial charge in [0.05, 0.1) is 19.3 Å². The van der Waals surface area contributed by atoms with Gasteiger partial charge in [-0.2, -0.15) is 0 Å². The van der Waals surface area contributed by atoms with Crippen LogP contribution < -0.4 is 15.4 Å². The van der Waals surface area contributed by atoms with Crippen LogP contribution in [0.3, 0.4) is 0 Å². The molecule has 4 N–H and O–H groups in total. The molecule has 0 unspecified atom stereocenters. The molecule has 2 aliphatic rings. The van der Waals surface area contributed by atoms with Crippen molar-refractivity contribution in [1.29, 1.82) is 0 Å². The molecule has 2 aliphatic heterocycles. The van der Waals surface area contributed by atoms with Crippen molar-refractivity contribution in [2.45, 2.75) is 12.1 Å². The Morgan fingerprint density at radius 3 is 2.77 bits per heavy atom. The lowest BCUT2D eigenvalue weighted by Gasteiger charge is -2.28. The second kappa shape index (κ2) is 7.32. The predicted molar refractivity (Wildman–Crippen MR) is 119 cm³/mol. The maximum Gasteiger partial charge on any atom is 0.322 e. The van der Waals surface area contributed by atoms with Crippen molar-refractivity contribution in [3.63, 3.8) is 0 Å². The first-order valence-corrected chi connectivity index (χ1v) is 10.6. The van der Waals surface area contributed by atoms with Crippen molar-refractivity contribution < 1.29 is 28.6 Å². The van der Waals surface area contributed by atoms with Crippen LogP contribution in [-0.2, 0) is 16.9 Å². The number of nitrogens with one attached hydrogen (secondary N) is 3. The first kappa shape index (κ1) is 20.7. The third-order valence-electron chi connectivity index (χ3n) is 6.23. The molecule has 1 saturated heterocycles. The molecule has 5 heterocycles. The summed E-state index contributed by atoms with van der Waals surface area (Å²) in [6, 6.07) is 9.31. The average Bonchev–Trinajstić information content (AvgIpc) is 3.60. The van der Waals surface area contributed by atoms with Crippen molar-refractivity contribution in [3.05, 3.63) is 59.5 Å². The molecule has 0 bridgehead atoms. The summed E-state index contributed by atoms with van der Waals surface area (Å²) in [7, 11) is 1.52. The van der Waals surface area contributed by atoms with E-state index >= 15 is 0 Å². The molecule has 0 aliphatic carbocycles. The maximum atomic E-state index is 13.1. The topological polar surface area (TPSA) is 163 Å². The Balaban J connectivity index is 1.38. The van der Waals surface area contributed by atoms with E-state index in [4.69, 9.17) is 9.15 Å². The number of hydrogen-bond donors (Lipinski definition) is 4. The number of H-pyrrole nitrogens is 1. The Hall–Kier alpha value is -4.87. The number of rotatable bonds is 5. The van der Waals surface area contributed by atoms with Gasteiger partial charge in [-0.25, -0.2) is 9.78 Å². The molecule has 12 nitrogen and oxygen atoms in total. The van der Waals surface area contributed by atoms with Crippen LogP contribution in [0.15, 0.2) is 47.0 Å². The smallest absolute Gasteiger partial charge is 0.322 e. The molecular formula is C23H18N6O6. The molecule has 35 heavy (non-hydrogen) atoms. The number of ether oxygens (including phenoxy) is 1. The number of hydrogen-bond acceptors (Lipinski definition) is 8. The number of amides is 4. The van der Waals surface area contributed by atoms with Crippen molar-refractivity contribution in [1.82, 2.24) is 30.7 Å². The molecule has 176 valence electrons. The molecule has 3 aromatic heterocycles. The van der Waals surface area contributed by atoms with E-state index in [0.717, 1.165) is 5.56 Å². The Kier molecular flexibility index (Phi) is 4.33. The van der Waals surface area contributed by atoms with Gasteiger partial charge in [-0.3, -0.25) is 20.0 Å². The number of urea groups is 1.